The van der Waals surface area contributed by atoms with E-state index < -0.39 is 29.6 Å². The van der Waals surface area contributed by atoms with E-state index >= 15 is 0 Å². The van der Waals surface area contributed by atoms with Crippen LogP contribution in [0.2, 0.25) is 0 Å². The Morgan fingerprint density at radius 1 is 1.11 bits per heavy atom. The molecule has 188 valence electrons. The average Bonchev–Trinajstić information content (AvgIpc) is 3.64. The van der Waals surface area contributed by atoms with Crippen LogP contribution in [-0.4, -0.2) is 46.4 Å². The highest BCUT2D eigenvalue weighted by molar-refractivity contribution is 7.09. The SMILES string of the molecule is Cc1ccc(NC(=O)C2C3C=CC4(O3)C2C(=O)N(Cc2cccs2)C4C(=O)NC2CCCCC2)cc1. The van der Waals surface area contributed by atoms with Gasteiger partial charge < -0.3 is 20.3 Å². The number of aryl methyl sites for hydroxylation is 1. The summed E-state index contributed by atoms with van der Waals surface area (Å²) in [5.74, 6) is -2.05. The van der Waals surface area contributed by atoms with E-state index in [0.29, 0.717) is 12.2 Å². The molecule has 2 bridgehead atoms. The van der Waals surface area contributed by atoms with Crippen molar-refractivity contribution >= 4 is 34.7 Å². The van der Waals surface area contributed by atoms with Gasteiger partial charge in [0.15, 0.2) is 0 Å². The van der Waals surface area contributed by atoms with Crippen LogP contribution in [0.25, 0.3) is 0 Å². The van der Waals surface area contributed by atoms with Gasteiger partial charge in [-0.15, -0.1) is 11.3 Å². The summed E-state index contributed by atoms with van der Waals surface area (Å²) in [5, 5.41) is 8.16. The maximum Gasteiger partial charge on any atom is 0.246 e. The number of nitrogens with zero attached hydrogens (tertiary/aromatic N) is 1. The second-order valence-corrected chi connectivity index (χ2v) is 11.5. The second-order valence-electron chi connectivity index (χ2n) is 10.4. The molecule has 2 saturated heterocycles. The molecule has 7 nitrogen and oxygen atoms in total. The van der Waals surface area contributed by atoms with Gasteiger partial charge in [-0.05, 0) is 43.3 Å². The summed E-state index contributed by atoms with van der Waals surface area (Å²) in [5.41, 5.74) is 0.645. The summed E-state index contributed by atoms with van der Waals surface area (Å²) in [6, 6.07) is 10.8. The first-order chi connectivity index (χ1) is 17.5. The van der Waals surface area contributed by atoms with E-state index in [4.69, 9.17) is 4.74 Å². The van der Waals surface area contributed by atoms with Crippen LogP contribution in [0.3, 0.4) is 0 Å². The van der Waals surface area contributed by atoms with Gasteiger partial charge in [-0.3, -0.25) is 14.4 Å². The Balaban J connectivity index is 1.31. The summed E-state index contributed by atoms with van der Waals surface area (Å²) in [7, 11) is 0. The number of rotatable bonds is 6. The van der Waals surface area contributed by atoms with Crippen LogP contribution in [0, 0.1) is 18.8 Å². The highest BCUT2D eigenvalue weighted by atomic mass is 32.1. The number of thiophene rings is 1. The number of carbonyl (C=O) groups is 3. The Morgan fingerprint density at radius 2 is 1.89 bits per heavy atom. The van der Waals surface area contributed by atoms with E-state index in [9.17, 15) is 14.4 Å². The van der Waals surface area contributed by atoms with Gasteiger partial charge in [-0.2, -0.15) is 0 Å². The molecule has 5 atom stereocenters. The smallest absolute Gasteiger partial charge is 0.246 e. The molecule has 1 aromatic carbocycles. The van der Waals surface area contributed by atoms with Crippen molar-refractivity contribution in [1.82, 2.24) is 10.2 Å². The topological polar surface area (TPSA) is 87.7 Å². The minimum Gasteiger partial charge on any atom is -0.359 e. The predicted octanol–water partition coefficient (Wildman–Crippen LogP) is 3.79. The first-order valence-corrected chi connectivity index (χ1v) is 13.7. The highest BCUT2D eigenvalue weighted by Crippen LogP contribution is 2.55. The second kappa shape index (κ2) is 9.16. The zero-order chi connectivity index (χ0) is 24.9. The monoisotopic (exact) mass is 505 g/mol. The molecular weight excluding hydrogens is 474 g/mol. The number of amides is 3. The van der Waals surface area contributed by atoms with Crippen LogP contribution in [0.15, 0.2) is 53.9 Å². The van der Waals surface area contributed by atoms with E-state index in [0.717, 1.165) is 36.1 Å². The lowest BCUT2D eigenvalue weighted by Crippen LogP contribution is -2.56. The van der Waals surface area contributed by atoms with E-state index in [1.165, 1.54) is 6.42 Å². The standard InChI is InChI=1S/C28H31N3O4S/c1-17-9-11-19(12-10-17)29-25(32)22-21-13-14-28(35-21)23(22)27(34)31(16-20-8-5-15-36-20)24(28)26(33)30-18-6-3-2-4-7-18/h5,8-15,18,21-24H,2-4,6-7,16H2,1H3,(H,29,32)(H,30,33). The molecule has 36 heavy (non-hydrogen) atoms. The van der Waals surface area contributed by atoms with Crippen LogP contribution in [0.4, 0.5) is 5.69 Å². The normalized spacial score (nSPS) is 31.0. The fraction of sp³-hybridized carbons (Fsp3) is 0.464. The van der Waals surface area contributed by atoms with Crippen LogP contribution in [0.5, 0.6) is 0 Å². The van der Waals surface area contributed by atoms with E-state index in [2.05, 4.69) is 10.6 Å². The lowest BCUT2D eigenvalue weighted by Gasteiger charge is -2.34. The summed E-state index contributed by atoms with van der Waals surface area (Å²) < 4.78 is 6.43. The fourth-order valence-corrected chi connectivity index (χ4v) is 7.10. The predicted molar refractivity (Wildman–Crippen MR) is 137 cm³/mol. The number of likely N-dealkylation sites (tertiary alicyclic amines) is 1. The zero-order valence-corrected chi connectivity index (χ0v) is 21.1. The molecule has 6 rings (SSSR count). The molecule has 3 fully saturated rings. The molecule has 0 radical (unpaired) electrons. The molecule has 2 N–H and O–H groups in total. The van der Waals surface area contributed by atoms with Gasteiger partial charge in [-0.1, -0.05) is 55.2 Å². The van der Waals surface area contributed by atoms with Crippen molar-refractivity contribution in [3.8, 4) is 0 Å². The maximum atomic E-state index is 14.0. The zero-order valence-electron chi connectivity index (χ0n) is 20.3. The molecule has 1 spiro atoms. The third kappa shape index (κ3) is 3.87. The van der Waals surface area contributed by atoms with Crippen molar-refractivity contribution in [2.45, 2.75) is 69.4 Å². The third-order valence-electron chi connectivity index (χ3n) is 8.10. The molecule has 4 aliphatic rings. The summed E-state index contributed by atoms with van der Waals surface area (Å²) in [4.78, 5) is 43.9. The molecule has 1 aromatic heterocycles. The van der Waals surface area contributed by atoms with Gasteiger partial charge in [0.1, 0.15) is 11.6 Å². The van der Waals surface area contributed by atoms with E-state index in [1.54, 1.807) is 16.2 Å². The molecule has 3 aliphatic heterocycles. The van der Waals surface area contributed by atoms with Gasteiger partial charge >= 0.3 is 0 Å². The van der Waals surface area contributed by atoms with Crippen LogP contribution < -0.4 is 10.6 Å². The molecule has 2 aromatic rings. The van der Waals surface area contributed by atoms with Crippen molar-refractivity contribution in [2.75, 3.05) is 5.32 Å². The molecule has 1 saturated carbocycles. The van der Waals surface area contributed by atoms with Crippen molar-refractivity contribution in [3.05, 3.63) is 64.4 Å². The number of hydrogen-bond donors (Lipinski definition) is 2. The van der Waals surface area contributed by atoms with Crippen molar-refractivity contribution < 1.29 is 19.1 Å². The summed E-state index contributed by atoms with van der Waals surface area (Å²) >= 11 is 1.55. The number of fused-ring (bicyclic) bond motifs is 1. The number of ether oxygens (including phenoxy) is 1. The minimum atomic E-state index is -1.13. The van der Waals surface area contributed by atoms with Crippen LogP contribution in [-0.2, 0) is 25.7 Å². The number of benzene rings is 1. The van der Waals surface area contributed by atoms with Gasteiger partial charge in [0.25, 0.3) is 0 Å². The molecular formula is C28H31N3O4S. The minimum absolute atomic E-state index is 0.114. The first-order valence-electron chi connectivity index (χ1n) is 12.8. The first kappa shape index (κ1) is 23.4. The lowest BCUT2D eigenvalue weighted by atomic mass is 9.74. The number of hydrogen-bond acceptors (Lipinski definition) is 5. The van der Waals surface area contributed by atoms with Gasteiger partial charge in [-0.25, -0.2) is 0 Å². The Labute approximate surface area is 214 Å². The largest absolute Gasteiger partial charge is 0.359 e. The average molecular weight is 506 g/mol. The van der Waals surface area contributed by atoms with Crippen molar-refractivity contribution in [1.29, 1.82) is 0 Å². The molecule has 3 amide bonds. The van der Waals surface area contributed by atoms with Gasteiger partial charge in [0.05, 0.1) is 24.5 Å². The van der Waals surface area contributed by atoms with Crippen LogP contribution in [0.1, 0.15) is 42.5 Å². The molecule has 5 unspecified atom stereocenters. The molecule has 1 aliphatic carbocycles. The van der Waals surface area contributed by atoms with Crippen LogP contribution >= 0.6 is 11.3 Å². The Bertz CT molecular complexity index is 1190. The summed E-state index contributed by atoms with van der Waals surface area (Å²) in [6.07, 6.45) is 8.49. The lowest BCUT2D eigenvalue weighted by molar-refractivity contribution is -0.142. The van der Waals surface area contributed by atoms with E-state index in [1.807, 2.05) is 60.9 Å². The Hall–Kier alpha value is -2.97. The number of carbonyl (C=O) groups excluding carboxylic acids is 3. The fourth-order valence-electron chi connectivity index (χ4n) is 6.40. The molecule has 8 heteroatoms. The van der Waals surface area contributed by atoms with Gasteiger partial charge in [0, 0.05) is 16.6 Å². The van der Waals surface area contributed by atoms with E-state index in [-0.39, 0.29) is 23.8 Å². The molecule has 4 heterocycles. The van der Waals surface area contributed by atoms with Crippen molar-refractivity contribution in [3.63, 3.8) is 0 Å². The van der Waals surface area contributed by atoms with Gasteiger partial charge in [0.2, 0.25) is 17.7 Å². The Morgan fingerprint density at radius 3 is 2.61 bits per heavy atom. The highest BCUT2D eigenvalue weighted by Gasteiger charge is 2.72. The van der Waals surface area contributed by atoms with Crippen molar-refractivity contribution in [2.24, 2.45) is 11.8 Å². The summed E-state index contributed by atoms with van der Waals surface area (Å²) in [6.45, 7) is 2.31. The quantitative estimate of drug-likeness (QED) is 0.585. The Kier molecular flexibility index (Phi) is 5.96. The maximum absolute atomic E-state index is 14.0. The number of anilines is 1. The third-order valence-corrected chi connectivity index (χ3v) is 8.96. The number of nitrogens with one attached hydrogen (secondary N) is 2.